The number of fused-ring (bicyclic) bond motifs is 1. The van der Waals surface area contributed by atoms with E-state index >= 15 is 0 Å². The second kappa shape index (κ2) is 4.11. The van der Waals surface area contributed by atoms with Crippen molar-refractivity contribution >= 4 is 32.6 Å². The molecule has 0 amide bonds. The SMILES string of the molecule is CC(Br)C(=O)c1ccc2ncccc2c1. The van der Waals surface area contributed by atoms with Gasteiger partial charge >= 0.3 is 0 Å². The lowest BCUT2D eigenvalue weighted by atomic mass is 10.1. The Morgan fingerprint density at radius 2 is 2.20 bits per heavy atom. The summed E-state index contributed by atoms with van der Waals surface area (Å²) in [6, 6.07) is 9.39. The van der Waals surface area contributed by atoms with Crippen molar-refractivity contribution in [3.8, 4) is 0 Å². The van der Waals surface area contributed by atoms with Crippen molar-refractivity contribution in [2.75, 3.05) is 0 Å². The molecule has 0 radical (unpaired) electrons. The maximum atomic E-state index is 11.7. The molecule has 76 valence electrons. The van der Waals surface area contributed by atoms with Gasteiger partial charge in [0.2, 0.25) is 0 Å². The van der Waals surface area contributed by atoms with Crippen LogP contribution in [0.4, 0.5) is 0 Å². The summed E-state index contributed by atoms with van der Waals surface area (Å²) in [4.78, 5) is 15.8. The molecule has 2 aromatic rings. The molecule has 0 aliphatic carbocycles. The molecule has 1 unspecified atom stereocenters. The maximum absolute atomic E-state index is 11.7. The van der Waals surface area contributed by atoms with Crippen molar-refractivity contribution < 1.29 is 4.79 Å². The van der Waals surface area contributed by atoms with E-state index < -0.39 is 0 Å². The Morgan fingerprint density at radius 1 is 1.40 bits per heavy atom. The van der Waals surface area contributed by atoms with Crippen molar-refractivity contribution in [3.63, 3.8) is 0 Å². The Labute approximate surface area is 96.5 Å². The first kappa shape index (κ1) is 10.3. The molecule has 2 nitrogen and oxygen atoms in total. The molecule has 1 heterocycles. The van der Waals surface area contributed by atoms with Crippen molar-refractivity contribution in [2.24, 2.45) is 0 Å². The smallest absolute Gasteiger partial charge is 0.176 e. The van der Waals surface area contributed by atoms with Crippen molar-refractivity contribution in [1.82, 2.24) is 4.98 Å². The number of alkyl halides is 1. The fourth-order valence-electron chi connectivity index (χ4n) is 1.46. The van der Waals surface area contributed by atoms with Crippen LogP contribution in [0.1, 0.15) is 17.3 Å². The van der Waals surface area contributed by atoms with Crippen LogP contribution in [0.3, 0.4) is 0 Å². The van der Waals surface area contributed by atoms with Crippen LogP contribution in [0.25, 0.3) is 10.9 Å². The molecule has 1 aromatic carbocycles. The van der Waals surface area contributed by atoms with Gasteiger partial charge in [0, 0.05) is 17.1 Å². The summed E-state index contributed by atoms with van der Waals surface area (Å²) in [7, 11) is 0. The van der Waals surface area contributed by atoms with Crippen LogP contribution in [-0.4, -0.2) is 15.6 Å². The zero-order chi connectivity index (χ0) is 10.8. The van der Waals surface area contributed by atoms with Crippen LogP contribution >= 0.6 is 15.9 Å². The Morgan fingerprint density at radius 3 is 2.93 bits per heavy atom. The van der Waals surface area contributed by atoms with Crippen LogP contribution in [-0.2, 0) is 0 Å². The average molecular weight is 264 g/mol. The van der Waals surface area contributed by atoms with E-state index in [0.717, 1.165) is 16.5 Å². The number of carbonyl (C=O) groups excluding carboxylic acids is 1. The number of carbonyl (C=O) groups is 1. The van der Waals surface area contributed by atoms with Crippen LogP contribution in [0, 0.1) is 0 Å². The van der Waals surface area contributed by atoms with Crippen molar-refractivity contribution in [3.05, 3.63) is 42.1 Å². The molecular weight excluding hydrogens is 254 g/mol. The van der Waals surface area contributed by atoms with Crippen LogP contribution < -0.4 is 0 Å². The summed E-state index contributed by atoms with van der Waals surface area (Å²) in [5, 5.41) is 0.997. The van der Waals surface area contributed by atoms with Gasteiger partial charge in [-0.1, -0.05) is 22.0 Å². The maximum Gasteiger partial charge on any atom is 0.176 e. The Kier molecular flexibility index (Phi) is 2.82. The standard InChI is InChI=1S/C12H10BrNO/c1-8(13)12(15)10-4-5-11-9(7-10)3-2-6-14-11/h2-8H,1H3. The van der Waals surface area contributed by atoms with Gasteiger partial charge in [0.1, 0.15) is 0 Å². The van der Waals surface area contributed by atoms with E-state index in [1.54, 1.807) is 6.20 Å². The number of ketones is 1. The van der Waals surface area contributed by atoms with Crippen LogP contribution in [0.15, 0.2) is 36.5 Å². The van der Waals surface area contributed by atoms with Gasteiger partial charge in [-0.25, -0.2) is 0 Å². The minimum atomic E-state index is -0.147. The summed E-state index contributed by atoms with van der Waals surface area (Å²) < 4.78 is 0. The molecule has 0 aliphatic heterocycles. The summed E-state index contributed by atoms with van der Waals surface area (Å²) in [5.74, 6) is 0.0979. The first-order chi connectivity index (χ1) is 7.18. The fraction of sp³-hybridized carbons (Fsp3) is 0.167. The number of rotatable bonds is 2. The zero-order valence-corrected chi connectivity index (χ0v) is 9.86. The van der Waals surface area contributed by atoms with Crippen molar-refractivity contribution in [1.29, 1.82) is 0 Å². The third kappa shape index (κ3) is 2.07. The number of hydrogen-bond acceptors (Lipinski definition) is 2. The van der Waals surface area contributed by atoms with E-state index in [-0.39, 0.29) is 10.6 Å². The van der Waals surface area contributed by atoms with Gasteiger partial charge in [0.15, 0.2) is 5.78 Å². The quantitative estimate of drug-likeness (QED) is 0.615. The van der Waals surface area contributed by atoms with Gasteiger partial charge < -0.3 is 0 Å². The minimum Gasteiger partial charge on any atom is -0.293 e. The molecular formula is C12H10BrNO. The van der Waals surface area contributed by atoms with E-state index in [9.17, 15) is 4.79 Å². The van der Waals surface area contributed by atoms with E-state index in [4.69, 9.17) is 0 Å². The van der Waals surface area contributed by atoms with E-state index in [1.165, 1.54) is 0 Å². The number of benzene rings is 1. The minimum absolute atomic E-state index is 0.0979. The molecule has 0 fully saturated rings. The monoisotopic (exact) mass is 263 g/mol. The second-order valence-electron chi connectivity index (χ2n) is 3.39. The highest BCUT2D eigenvalue weighted by atomic mass is 79.9. The Hall–Kier alpha value is -1.22. The first-order valence-electron chi connectivity index (χ1n) is 4.71. The second-order valence-corrected chi connectivity index (χ2v) is 4.76. The summed E-state index contributed by atoms with van der Waals surface area (Å²) in [6.45, 7) is 1.83. The molecule has 0 aliphatic rings. The molecule has 0 saturated carbocycles. The normalized spacial score (nSPS) is 12.7. The molecule has 2 rings (SSSR count). The van der Waals surface area contributed by atoms with Crippen LogP contribution in [0.5, 0.6) is 0 Å². The molecule has 1 aromatic heterocycles. The number of pyridine rings is 1. The number of nitrogens with zero attached hydrogens (tertiary/aromatic N) is 1. The Bertz CT molecular complexity index is 508. The van der Waals surface area contributed by atoms with E-state index in [1.807, 2.05) is 37.3 Å². The zero-order valence-electron chi connectivity index (χ0n) is 8.27. The highest BCUT2D eigenvalue weighted by molar-refractivity contribution is 9.10. The van der Waals surface area contributed by atoms with Gasteiger partial charge in [0.25, 0.3) is 0 Å². The third-order valence-corrected chi connectivity index (χ3v) is 2.66. The molecule has 0 N–H and O–H groups in total. The van der Waals surface area contributed by atoms with E-state index in [0.29, 0.717) is 0 Å². The van der Waals surface area contributed by atoms with Gasteiger partial charge in [0.05, 0.1) is 10.3 Å². The lowest BCUT2D eigenvalue weighted by molar-refractivity contribution is 0.0996. The summed E-state index contributed by atoms with van der Waals surface area (Å²) >= 11 is 3.28. The Balaban J connectivity index is 2.52. The highest BCUT2D eigenvalue weighted by Gasteiger charge is 2.11. The molecule has 0 bridgehead atoms. The average Bonchev–Trinajstić information content (AvgIpc) is 2.27. The van der Waals surface area contributed by atoms with Crippen LogP contribution in [0.2, 0.25) is 0 Å². The van der Waals surface area contributed by atoms with Gasteiger partial charge in [-0.15, -0.1) is 0 Å². The molecule has 0 saturated heterocycles. The predicted octanol–water partition coefficient (Wildman–Crippen LogP) is 3.20. The lowest BCUT2D eigenvalue weighted by Gasteiger charge is -2.03. The summed E-state index contributed by atoms with van der Waals surface area (Å²) in [6.07, 6.45) is 1.75. The van der Waals surface area contributed by atoms with Crippen molar-refractivity contribution in [2.45, 2.75) is 11.8 Å². The van der Waals surface area contributed by atoms with Gasteiger partial charge in [-0.3, -0.25) is 9.78 Å². The first-order valence-corrected chi connectivity index (χ1v) is 5.63. The fourth-order valence-corrected chi connectivity index (χ4v) is 1.72. The molecule has 0 spiro atoms. The van der Waals surface area contributed by atoms with Gasteiger partial charge in [-0.05, 0) is 31.2 Å². The largest absolute Gasteiger partial charge is 0.293 e. The molecule has 1 atom stereocenters. The molecule has 15 heavy (non-hydrogen) atoms. The number of hydrogen-bond donors (Lipinski definition) is 0. The number of halogens is 1. The number of Topliss-reactive ketones (excluding diaryl/α,β-unsaturated/α-hetero) is 1. The predicted molar refractivity (Wildman–Crippen MR) is 64.5 cm³/mol. The lowest BCUT2D eigenvalue weighted by Crippen LogP contribution is -2.09. The topological polar surface area (TPSA) is 30.0 Å². The summed E-state index contributed by atoms with van der Waals surface area (Å²) in [5.41, 5.74) is 1.64. The van der Waals surface area contributed by atoms with Gasteiger partial charge in [-0.2, -0.15) is 0 Å². The highest BCUT2D eigenvalue weighted by Crippen LogP contribution is 2.16. The molecule has 3 heteroatoms. The van der Waals surface area contributed by atoms with E-state index in [2.05, 4.69) is 20.9 Å². The number of aromatic nitrogens is 1. The third-order valence-electron chi connectivity index (χ3n) is 2.25.